The lowest BCUT2D eigenvalue weighted by molar-refractivity contribution is 0.112. The molecule has 0 heterocycles. The lowest BCUT2D eigenvalue weighted by Crippen LogP contribution is -1.73. The molecule has 2 nitrogen and oxygen atoms in total. The SMILES string of the molecule is O.O=Cc1ccccc1. The molecule has 0 atom stereocenters. The molecule has 0 saturated carbocycles. The second kappa shape index (κ2) is 3.80. The van der Waals surface area contributed by atoms with E-state index in [1.165, 1.54) is 0 Å². The number of benzene rings is 1. The Labute approximate surface area is 53.4 Å². The van der Waals surface area contributed by atoms with Crippen molar-refractivity contribution >= 4 is 6.29 Å². The molecule has 9 heavy (non-hydrogen) atoms. The maximum Gasteiger partial charge on any atom is 0.150 e. The average molecular weight is 124 g/mol. The summed E-state index contributed by atoms with van der Waals surface area (Å²) in [6.07, 6.45) is 0.833. The first-order valence-electron chi connectivity index (χ1n) is 2.44. The lowest BCUT2D eigenvalue weighted by atomic mass is 10.2. The number of hydrogen-bond acceptors (Lipinski definition) is 1. The molecule has 0 aliphatic heterocycles. The summed E-state index contributed by atoms with van der Waals surface area (Å²) >= 11 is 0. The van der Waals surface area contributed by atoms with Gasteiger partial charge in [0, 0.05) is 5.56 Å². The van der Waals surface area contributed by atoms with Crippen LogP contribution >= 0.6 is 0 Å². The quantitative estimate of drug-likeness (QED) is 0.507. The van der Waals surface area contributed by atoms with Crippen molar-refractivity contribution in [1.82, 2.24) is 0 Å². The number of aldehydes is 1. The van der Waals surface area contributed by atoms with Gasteiger partial charge in [-0.3, -0.25) is 4.79 Å². The van der Waals surface area contributed by atoms with E-state index in [9.17, 15) is 4.79 Å². The third-order valence-electron chi connectivity index (χ3n) is 0.936. The molecule has 0 saturated heterocycles. The van der Waals surface area contributed by atoms with Crippen LogP contribution in [0.2, 0.25) is 0 Å². The zero-order valence-corrected chi connectivity index (χ0v) is 4.87. The Morgan fingerprint density at radius 2 is 1.67 bits per heavy atom. The Hall–Kier alpha value is -1.15. The Balaban J connectivity index is 0.000000640. The van der Waals surface area contributed by atoms with E-state index in [0.29, 0.717) is 0 Å². The number of carbonyl (C=O) groups excluding carboxylic acids is 1. The smallest absolute Gasteiger partial charge is 0.150 e. The third kappa shape index (κ3) is 2.06. The summed E-state index contributed by atoms with van der Waals surface area (Å²) in [5, 5.41) is 0. The summed E-state index contributed by atoms with van der Waals surface area (Å²) in [5.74, 6) is 0. The van der Waals surface area contributed by atoms with Gasteiger partial charge in [0.25, 0.3) is 0 Å². The minimum Gasteiger partial charge on any atom is -0.412 e. The van der Waals surface area contributed by atoms with Crippen LogP contribution in [0.3, 0.4) is 0 Å². The summed E-state index contributed by atoms with van der Waals surface area (Å²) in [7, 11) is 0. The van der Waals surface area contributed by atoms with Crippen LogP contribution in [-0.4, -0.2) is 11.8 Å². The molecule has 2 heteroatoms. The molecule has 2 N–H and O–H groups in total. The molecule has 0 aliphatic rings. The molecule has 0 radical (unpaired) electrons. The molecule has 1 rings (SSSR count). The van der Waals surface area contributed by atoms with E-state index in [2.05, 4.69) is 0 Å². The Morgan fingerprint density at radius 3 is 2.00 bits per heavy atom. The molecule has 0 amide bonds. The Bertz CT molecular complexity index is 170. The molecule has 0 unspecified atom stereocenters. The van der Waals surface area contributed by atoms with Crippen molar-refractivity contribution in [3.05, 3.63) is 35.9 Å². The largest absolute Gasteiger partial charge is 0.412 e. The third-order valence-corrected chi connectivity index (χ3v) is 0.936. The summed E-state index contributed by atoms with van der Waals surface area (Å²) in [5.41, 5.74) is 0.729. The highest BCUT2D eigenvalue weighted by Gasteiger charge is 1.79. The van der Waals surface area contributed by atoms with Crippen LogP contribution in [-0.2, 0) is 0 Å². The predicted molar refractivity (Wildman–Crippen MR) is 35.4 cm³/mol. The van der Waals surface area contributed by atoms with E-state index in [4.69, 9.17) is 0 Å². The van der Waals surface area contributed by atoms with Gasteiger partial charge < -0.3 is 5.48 Å². The second-order valence-corrected chi connectivity index (χ2v) is 1.53. The van der Waals surface area contributed by atoms with Gasteiger partial charge in [0.05, 0.1) is 0 Å². The minimum absolute atomic E-state index is 0. The van der Waals surface area contributed by atoms with Crippen LogP contribution in [0, 0.1) is 0 Å². The van der Waals surface area contributed by atoms with E-state index in [1.54, 1.807) is 12.1 Å². The molecule has 1 aromatic carbocycles. The van der Waals surface area contributed by atoms with Crippen LogP contribution in [0.25, 0.3) is 0 Å². The van der Waals surface area contributed by atoms with Crippen molar-refractivity contribution in [3.8, 4) is 0 Å². The fourth-order valence-corrected chi connectivity index (χ4v) is 0.532. The first-order chi connectivity index (χ1) is 3.93. The zero-order valence-electron chi connectivity index (χ0n) is 4.87. The van der Waals surface area contributed by atoms with Crippen molar-refractivity contribution in [1.29, 1.82) is 0 Å². The Morgan fingerprint density at radius 1 is 1.11 bits per heavy atom. The molecule has 1 aromatic rings. The highest BCUT2D eigenvalue weighted by molar-refractivity contribution is 5.74. The van der Waals surface area contributed by atoms with Crippen molar-refractivity contribution in [3.63, 3.8) is 0 Å². The fraction of sp³-hybridized carbons (Fsp3) is 0. The molecular formula is C7H8O2. The second-order valence-electron chi connectivity index (χ2n) is 1.53. The van der Waals surface area contributed by atoms with Crippen molar-refractivity contribution < 1.29 is 10.3 Å². The van der Waals surface area contributed by atoms with E-state index >= 15 is 0 Å². The van der Waals surface area contributed by atoms with E-state index < -0.39 is 0 Å². The molecule has 0 aromatic heterocycles. The molecule has 0 bridgehead atoms. The van der Waals surface area contributed by atoms with Crippen molar-refractivity contribution in [2.75, 3.05) is 0 Å². The predicted octanol–water partition coefficient (Wildman–Crippen LogP) is 0.674. The number of rotatable bonds is 1. The molecule has 0 spiro atoms. The van der Waals surface area contributed by atoms with Gasteiger partial charge in [-0.1, -0.05) is 30.3 Å². The van der Waals surface area contributed by atoms with E-state index in [1.807, 2.05) is 18.2 Å². The summed E-state index contributed by atoms with van der Waals surface area (Å²) in [6, 6.07) is 9.10. The van der Waals surface area contributed by atoms with Gasteiger partial charge in [-0.2, -0.15) is 0 Å². The zero-order chi connectivity index (χ0) is 5.82. The van der Waals surface area contributed by atoms with Gasteiger partial charge in [-0.05, 0) is 0 Å². The first kappa shape index (κ1) is 7.85. The van der Waals surface area contributed by atoms with Crippen LogP contribution in [0.1, 0.15) is 10.4 Å². The molecular weight excluding hydrogens is 116 g/mol. The Kier molecular flexibility index (Phi) is 3.32. The van der Waals surface area contributed by atoms with Gasteiger partial charge >= 0.3 is 0 Å². The van der Waals surface area contributed by atoms with Gasteiger partial charge in [-0.15, -0.1) is 0 Å². The summed E-state index contributed by atoms with van der Waals surface area (Å²) < 4.78 is 0. The van der Waals surface area contributed by atoms with E-state index in [0.717, 1.165) is 11.8 Å². The number of carbonyl (C=O) groups is 1. The van der Waals surface area contributed by atoms with Gasteiger partial charge in [0.15, 0.2) is 0 Å². The average Bonchev–Trinajstić information content (AvgIpc) is 1.90. The van der Waals surface area contributed by atoms with Gasteiger partial charge in [0.2, 0.25) is 0 Å². The molecule has 48 valence electrons. The topological polar surface area (TPSA) is 48.6 Å². The van der Waals surface area contributed by atoms with Crippen LogP contribution in [0.4, 0.5) is 0 Å². The summed E-state index contributed by atoms with van der Waals surface area (Å²) in [6.45, 7) is 0. The van der Waals surface area contributed by atoms with E-state index in [-0.39, 0.29) is 5.48 Å². The maximum absolute atomic E-state index is 10.0. The normalized spacial score (nSPS) is 7.56. The minimum atomic E-state index is 0. The van der Waals surface area contributed by atoms with Crippen molar-refractivity contribution in [2.24, 2.45) is 0 Å². The van der Waals surface area contributed by atoms with Gasteiger partial charge in [0.1, 0.15) is 6.29 Å². The van der Waals surface area contributed by atoms with Crippen LogP contribution in [0.15, 0.2) is 30.3 Å². The molecule has 0 aliphatic carbocycles. The lowest BCUT2D eigenvalue weighted by Gasteiger charge is -1.81. The first-order valence-corrected chi connectivity index (χ1v) is 2.44. The molecule has 0 fully saturated rings. The van der Waals surface area contributed by atoms with Crippen LogP contribution in [0.5, 0.6) is 0 Å². The monoisotopic (exact) mass is 124 g/mol. The highest BCUT2D eigenvalue weighted by atomic mass is 16.1. The standard InChI is InChI=1S/C7H6O.H2O/c8-6-7-4-2-1-3-5-7;/h1-6H;1H2. The fourth-order valence-electron chi connectivity index (χ4n) is 0.532. The van der Waals surface area contributed by atoms with Crippen molar-refractivity contribution in [2.45, 2.75) is 0 Å². The van der Waals surface area contributed by atoms with Gasteiger partial charge in [-0.25, -0.2) is 0 Å². The maximum atomic E-state index is 10.0. The summed E-state index contributed by atoms with van der Waals surface area (Å²) in [4.78, 5) is 10.0. The van der Waals surface area contributed by atoms with Crippen LogP contribution < -0.4 is 0 Å². The highest BCUT2D eigenvalue weighted by Crippen LogP contribution is 1.91. The number of hydrogen-bond donors (Lipinski definition) is 0.